The number of esters is 1. The zero-order chi connectivity index (χ0) is 12.7. The standard InChI is InChI=1S/C12H15NO3S/c1-2-16-10(14)8-17-11(12(13)15)9-6-4-3-5-7-9/h3-7,11H,2,8H2,1H3,(H2,13,15)/t11-/m1/s1. The number of thioether (sulfide) groups is 1. The molecule has 1 aromatic rings. The average Bonchev–Trinajstić information content (AvgIpc) is 2.30. The lowest BCUT2D eigenvalue weighted by Gasteiger charge is -2.12. The van der Waals surface area contributed by atoms with Gasteiger partial charge in [0.2, 0.25) is 5.91 Å². The number of rotatable bonds is 6. The molecule has 1 amide bonds. The summed E-state index contributed by atoms with van der Waals surface area (Å²) in [4.78, 5) is 22.5. The number of hydrogen-bond donors (Lipinski definition) is 1. The van der Waals surface area contributed by atoms with Crippen molar-refractivity contribution in [2.75, 3.05) is 12.4 Å². The van der Waals surface area contributed by atoms with E-state index in [1.165, 1.54) is 11.8 Å². The van der Waals surface area contributed by atoms with Gasteiger partial charge in [0.1, 0.15) is 5.25 Å². The topological polar surface area (TPSA) is 69.4 Å². The van der Waals surface area contributed by atoms with Crippen molar-refractivity contribution in [2.24, 2.45) is 5.73 Å². The maximum absolute atomic E-state index is 11.3. The Kier molecular flexibility index (Phi) is 5.56. The van der Waals surface area contributed by atoms with E-state index >= 15 is 0 Å². The molecule has 92 valence electrons. The summed E-state index contributed by atoms with van der Waals surface area (Å²) in [6, 6.07) is 9.14. The van der Waals surface area contributed by atoms with Gasteiger partial charge in [0, 0.05) is 0 Å². The highest BCUT2D eigenvalue weighted by Crippen LogP contribution is 2.28. The van der Waals surface area contributed by atoms with Crippen LogP contribution in [0.1, 0.15) is 17.7 Å². The number of primary amides is 1. The van der Waals surface area contributed by atoms with E-state index in [2.05, 4.69) is 0 Å². The van der Waals surface area contributed by atoms with Gasteiger partial charge in [-0.2, -0.15) is 0 Å². The first-order valence-corrected chi connectivity index (χ1v) is 6.31. The van der Waals surface area contributed by atoms with Crippen LogP contribution in [0.15, 0.2) is 30.3 Å². The van der Waals surface area contributed by atoms with Crippen molar-refractivity contribution >= 4 is 23.6 Å². The Hall–Kier alpha value is -1.49. The third-order valence-corrected chi connectivity index (χ3v) is 3.27. The van der Waals surface area contributed by atoms with Crippen LogP contribution in [0, 0.1) is 0 Å². The molecule has 1 aromatic carbocycles. The van der Waals surface area contributed by atoms with E-state index in [9.17, 15) is 9.59 Å². The van der Waals surface area contributed by atoms with Crippen LogP contribution < -0.4 is 5.73 Å². The van der Waals surface area contributed by atoms with Crippen molar-refractivity contribution in [2.45, 2.75) is 12.2 Å². The first-order valence-electron chi connectivity index (χ1n) is 5.26. The molecule has 1 rings (SSSR count). The van der Waals surface area contributed by atoms with E-state index in [1.807, 2.05) is 30.3 Å². The Balaban J connectivity index is 2.62. The smallest absolute Gasteiger partial charge is 0.315 e. The predicted octanol–water partition coefficient (Wildman–Crippen LogP) is 1.51. The van der Waals surface area contributed by atoms with Crippen molar-refractivity contribution in [3.63, 3.8) is 0 Å². The molecule has 0 aliphatic heterocycles. The van der Waals surface area contributed by atoms with Crippen LogP contribution >= 0.6 is 11.8 Å². The van der Waals surface area contributed by atoms with Gasteiger partial charge in [-0.15, -0.1) is 11.8 Å². The van der Waals surface area contributed by atoms with E-state index in [1.54, 1.807) is 6.92 Å². The highest BCUT2D eigenvalue weighted by Gasteiger charge is 2.19. The number of ether oxygens (including phenoxy) is 1. The van der Waals surface area contributed by atoms with Crippen LogP contribution in [0.3, 0.4) is 0 Å². The summed E-state index contributed by atoms with van der Waals surface area (Å²) in [5.41, 5.74) is 6.12. The van der Waals surface area contributed by atoms with Crippen LogP contribution in [0.5, 0.6) is 0 Å². The van der Waals surface area contributed by atoms with Gasteiger partial charge in [0.25, 0.3) is 0 Å². The fourth-order valence-electron chi connectivity index (χ4n) is 1.32. The molecule has 1 atom stereocenters. The normalized spacial score (nSPS) is 11.8. The monoisotopic (exact) mass is 253 g/mol. The lowest BCUT2D eigenvalue weighted by molar-refractivity contribution is -0.139. The van der Waals surface area contributed by atoms with Crippen molar-refractivity contribution in [3.8, 4) is 0 Å². The molecular weight excluding hydrogens is 238 g/mol. The summed E-state index contributed by atoms with van der Waals surface area (Å²) >= 11 is 1.18. The summed E-state index contributed by atoms with van der Waals surface area (Å²) in [6.45, 7) is 2.08. The van der Waals surface area contributed by atoms with Crippen molar-refractivity contribution in [1.82, 2.24) is 0 Å². The first-order chi connectivity index (χ1) is 8.15. The number of amides is 1. The van der Waals surface area contributed by atoms with Crippen molar-refractivity contribution in [3.05, 3.63) is 35.9 Å². The molecule has 0 aliphatic rings. The number of carbonyl (C=O) groups excluding carboxylic acids is 2. The van der Waals surface area contributed by atoms with E-state index in [4.69, 9.17) is 10.5 Å². The minimum Gasteiger partial charge on any atom is -0.465 e. The second-order valence-corrected chi connectivity index (χ2v) is 4.40. The molecule has 0 saturated carbocycles. The van der Waals surface area contributed by atoms with Gasteiger partial charge >= 0.3 is 5.97 Å². The van der Waals surface area contributed by atoms with Gasteiger partial charge < -0.3 is 10.5 Å². The summed E-state index contributed by atoms with van der Waals surface area (Å²) < 4.78 is 4.80. The van der Waals surface area contributed by atoms with Crippen LogP contribution in [0.4, 0.5) is 0 Å². The molecule has 0 heterocycles. The van der Waals surface area contributed by atoms with Crippen LogP contribution in [0.25, 0.3) is 0 Å². The average molecular weight is 253 g/mol. The van der Waals surface area contributed by atoms with Crippen molar-refractivity contribution < 1.29 is 14.3 Å². The Morgan fingerprint density at radius 2 is 2.00 bits per heavy atom. The zero-order valence-corrected chi connectivity index (χ0v) is 10.4. The van der Waals surface area contributed by atoms with Gasteiger partial charge in [-0.1, -0.05) is 30.3 Å². The van der Waals surface area contributed by atoms with E-state index in [-0.39, 0.29) is 11.7 Å². The lowest BCUT2D eigenvalue weighted by Crippen LogP contribution is -2.20. The largest absolute Gasteiger partial charge is 0.465 e. The van der Waals surface area contributed by atoms with Crippen LogP contribution in [-0.2, 0) is 14.3 Å². The highest BCUT2D eigenvalue weighted by atomic mass is 32.2. The summed E-state index contributed by atoms with van der Waals surface area (Å²) in [5.74, 6) is -0.666. The molecule has 0 radical (unpaired) electrons. The van der Waals surface area contributed by atoms with Gasteiger partial charge in [0.15, 0.2) is 0 Å². The molecule has 17 heavy (non-hydrogen) atoms. The van der Waals surface area contributed by atoms with Crippen LogP contribution in [-0.4, -0.2) is 24.2 Å². The fourth-order valence-corrected chi connectivity index (χ4v) is 2.22. The second kappa shape index (κ2) is 6.96. The minimum absolute atomic E-state index is 0.121. The quantitative estimate of drug-likeness (QED) is 0.780. The Morgan fingerprint density at radius 1 is 1.35 bits per heavy atom. The van der Waals surface area contributed by atoms with Crippen LogP contribution in [0.2, 0.25) is 0 Å². The highest BCUT2D eigenvalue weighted by molar-refractivity contribution is 8.00. The lowest BCUT2D eigenvalue weighted by atomic mass is 10.1. The van der Waals surface area contributed by atoms with Gasteiger partial charge in [0.05, 0.1) is 12.4 Å². The molecular formula is C12H15NO3S. The van der Waals surface area contributed by atoms with Crippen molar-refractivity contribution in [1.29, 1.82) is 0 Å². The number of carbonyl (C=O) groups is 2. The Bertz CT molecular complexity index is 381. The van der Waals surface area contributed by atoms with Gasteiger partial charge in [-0.05, 0) is 12.5 Å². The number of nitrogens with two attached hydrogens (primary N) is 1. The Labute approximate surface area is 105 Å². The molecule has 2 N–H and O–H groups in total. The zero-order valence-electron chi connectivity index (χ0n) is 9.59. The molecule has 0 saturated heterocycles. The molecule has 4 nitrogen and oxygen atoms in total. The van der Waals surface area contributed by atoms with Gasteiger partial charge in [-0.3, -0.25) is 9.59 Å². The SMILES string of the molecule is CCOC(=O)CS[C@@H](C(N)=O)c1ccccc1. The summed E-state index contributed by atoms with van der Waals surface area (Å²) in [5, 5.41) is -0.513. The van der Waals surface area contributed by atoms with E-state index in [0.717, 1.165) is 5.56 Å². The third-order valence-electron chi connectivity index (χ3n) is 2.03. The maximum Gasteiger partial charge on any atom is 0.315 e. The number of hydrogen-bond acceptors (Lipinski definition) is 4. The first kappa shape index (κ1) is 13.6. The minimum atomic E-state index is -0.513. The summed E-state index contributed by atoms with van der Waals surface area (Å²) in [7, 11) is 0. The molecule has 5 heteroatoms. The molecule has 0 unspecified atom stereocenters. The molecule has 0 fully saturated rings. The molecule has 0 bridgehead atoms. The number of benzene rings is 1. The fraction of sp³-hybridized carbons (Fsp3) is 0.333. The Morgan fingerprint density at radius 3 is 2.53 bits per heavy atom. The van der Waals surface area contributed by atoms with E-state index in [0.29, 0.717) is 6.61 Å². The second-order valence-electron chi connectivity index (χ2n) is 3.31. The maximum atomic E-state index is 11.3. The third kappa shape index (κ3) is 4.48. The molecule has 0 aromatic heterocycles. The predicted molar refractivity (Wildman–Crippen MR) is 67.5 cm³/mol. The van der Waals surface area contributed by atoms with E-state index < -0.39 is 11.2 Å². The molecule has 0 aliphatic carbocycles. The summed E-state index contributed by atoms with van der Waals surface area (Å²) in [6.07, 6.45) is 0. The molecule has 0 spiro atoms. The van der Waals surface area contributed by atoms with Gasteiger partial charge in [-0.25, -0.2) is 0 Å².